The van der Waals surface area contributed by atoms with E-state index in [9.17, 15) is 9.90 Å². The fourth-order valence-corrected chi connectivity index (χ4v) is 1.33. The molecule has 2 nitrogen and oxygen atoms in total. The van der Waals surface area contributed by atoms with Crippen LogP contribution in [0.4, 0.5) is 0 Å². The average molecular weight is 264 g/mol. The van der Waals surface area contributed by atoms with E-state index in [1.807, 2.05) is 0 Å². The Balaban J connectivity index is 2.90. The Morgan fingerprint density at radius 1 is 1.54 bits per heavy atom. The highest BCUT2D eigenvalue weighted by atomic mass is 79.9. The molecule has 1 aromatic carbocycles. The van der Waals surface area contributed by atoms with Crippen molar-refractivity contribution >= 4 is 33.3 Å². The third kappa shape index (κ3) is 2.71. The summed E-state index contributed by atoms with van der Waals surface area (Å²) in [5, 5.41) is 9.29. The molecule has 0 unspecified atom stereocenters. The van der Waals surface area contributed by atoms with Gasteiger partial charge in [0.25, 0.3) is 0 Å². The Morgan fingerprint density at radius 2 is 2.23 bits per heavy atom. The van der Waals surface area contributed by atoms with Gasteiger partial charge in [-0.25, -0.2) is 0 Å². The number of hydrogen-bond donors (Lipinski definition) is 1. The summed E-state index contributed by atoms with van der Waals surface area (Å²) in [6, 6.07) is 4.72. The van der Waals surface area contributed by atoms with E-state index in [0.29, 0.717) is 22.3 Å². The highest BCUT2D eigenvalue weighted by Gasteiger charge is 2.06. The normalized spacial score (nSPS) is 10.0. The Kier molecular flexibility index (Phi) is 3.75. The van der Waals surface area contributed by atoms with Crippen LogP contribution in [-0.4, -0.2) is 16.8 Å². The SMILES string of the molecule is O=C(CCCl)c1ccc(Br)c(O)c1. The van der Waals surface area contributed by atoms with Crippen molar-refractivity contribution in [1.82, 2.24) is 0 Å². The van der Waals surface area contributed by atoms with Crippen LogP contribution in [0.1, 0.15) is 16.8 Å². The summed E-state index contributed by atoms with van der Waals surface area (Å²) >= 11 is 8.55. The first-order chi connectivity index (χ1) is 6.15. The number of hydrogen-bond acceptors (Lipinski definition) is 2. The van der Waals surface area contributed by atoms with Gasteiger partial charge in [-0.2, -0.15) is 0 Å². The number of alkyl halides is 1. The van der Waals surface area contributed by atoms with Crippen LogP contribution in [-0.2, 0) is 0 Å². The van der Waals surface area contributed by atoms with Gasteiger partial charge < -0.3 is 5.11 Å². The zero-order valence-corrected chi connectivity index (χ0v) is 9.10. The van der Waals surface area contributed by atoms with Crippen LogP contribution in [0.15, 0.2) is 22.7 Å². The number of phenolic OH excluding ortho intramolecular Hbond substituents is 1. The molecule has 13 heavy (non-hydrogen) atoms. The minimum Gasteiger partial charge on any atom is -0.507 e. The third-order valence-electron chi connectivity index (χ3n) is 1.59. The second kappa shape index (κ2) is 4.63. The molecule has 0 bridgehead atoms. The van der Waals surface area contributed by atoms with Gasteiger partial charge in [0, 0.05) is 17.9 Å². The standard InChI is InChI=1S/C9H8BrClO2/c10-7-2-1-6(5-9(7)13)8(12)3-4-11/h1-2,5,13H,3-4H2. The van der Waals surface area contributed by atoms with Crippen molar-refractivity contribution in [3.05, 3.63) is 28.2 Å². The van der Waals surface area contributed by atoms with Crippen LogP contribution in [0.25, 0.3) is 0 Å². The molecule has 0 spiro atoms. The molecule has 1 aromatic rings. The van der Waals surface area contributed by atoms with Crippen LogP contribution in [0, 0.1) is 0 Å². The number of Topliss-reactive ketones (excluding diaryl/α,β-unsaturated/α-hetero) is 1. The molecule has 0 amide bonds. The molecule has 0 fully saturated rings. The third-order valence-corrected chi connectivity index (χ3v) is 2.45. The summed E-state index contributed by atoms with van der Waals surface area (Å²) < 4.78 is 0.579. The lowest BCUT2D eigenvalue weighted by Gasteiger charge is -2.00. The zero-order valence-electron chi connectivity index (χ0n) is 6.76. The van der Waals surface area contributed by atoms with Crippen molar-refractivity contribution in [2.24, 2.45) is 0 Å². The second-order valence-corrected chi connectivity index (χ2v) is 3.76. The fourth-order valence-electron chi connectivity index (χ4n) is 0.916. The largest absolute Gasteiger partial charge is 0.507 e. The molecule has 0 saturated heterocycles. The number of carbonyl (C=O) groups excluding carboxylic acids is 1. The summed E-state index contributed by atoms with van der Waals surface area (Å²) in [7, 11) is 0. The van der Waals surface area contributed by atoms with Gasteiger partial charge in [0.2, 0.25) is 0 Å². The molecule has 0 radical (unpaired) electrons. The maximum absolute atomic E-state index is 11.3. The summed E-state index contributed by atoms with van der Waals surface area (Å²) in [5.74, 6) is 0.313. The van der Waals surface area contributed by atoms with Gasteiger partial charge >= 0.3 is 0 Å². The van der Waals surface area contributed by atoms with E-state index in [4.69, 9.17) is 11.6 Å². The molecule has 0 aliphatic carbocycles. The van der Waals surface area contributed by atoms with Gasteiger partial charge in [-0.1, -0.05) is 6.07 Å². The minimum absolute atomic E-state index is 0.0576. The number of ketones is 1. The van der Waals surface area contributed by atoms with E-state index < -0.39 is 0 Å². The number of rotatable bonds is 3. The summed E-state index contributed by atoms with van der Waals surface area (Å²) in [6.07, 6.45) is 0.294. The fraction of sp³-hybridized carbons (Fsp3) is 0.222. The topological polar surface area (TPSA) is 37.3 Å². The number of aromatic hydroxyl groups is 1. The lowest BCUT2D eigenvalue weighted by atomic mass is 10.1. The maximum Gasteiger partial charge on any atom is 0.164 e. The summed E-state index contributed by atoms with van der Waals surface area (Å²) in [5.41, 5.74) is 0.487. The quantitative estimate of drug-likeness (QED) is 0.672. The smallest absolute Gasteiger partial charge is 0.164 e. The molecule has 0 heterocycles. The van der Waals surface area contributed by atoms with Crippen molar-refractivity contribution in [3.8, 4) is 5.75 Å². The van der Waals surface area contributed by atoms with Crippen LogP contribution < -0.4 is 0 Å². The van der Waals surface area contributed by atoms with E-state index in [2.05, 4.69) is 15.9 Å². The number of halogens is 2. The molecule has 0 aliphatic rings. The van der Waals surface area contributed by atoms with Gasteiger partial charge in [0.1, 0.15) is 5.75 Å². The van der Waals surface area contributed by atoms with E-state index in [1.54, 1.807) is 12.1 Å². The first-order valence-electron chi connectivity index (χ1n) is 3.73. The molecule has 0 aliphatic heterocycles. The average Bonchev–Trinajstić information content (AvgIpc) is 2.10. The molecule has 1 rings (SSSR count). The van der Waals surface area contributed by atoms with Crippen molar-refractivity contribution in [2.75, 3.05) is 5.88 Å². The summed E-state index contributed by atoms with van der Waals surface area (Å²) in [6.45, 7) is 0. The molecule has 1 N–H and O–H groups in total. The lowest BCUT2D eigenvalue weighted by molar-refractivity contribution is 0.0989. The van der Waals surface area contributed by atoms with Gasteiger partial charge in [0.15, 0.2) is 5.78 Å². The van der Waals surface area contributed by atoms with Gasteiger partial charge in [-0.05, 0) is 28.1 Å². The van der Waals surface area contributed by atoms with E-state index in [-0.39, 0.29) is 11.5 Å². The van der Waals surface area contributed by atoms with Crippen molar-refractivity contribution in [1.29, 1.82) is 0 Å². The van der Waals surface area contributed by atoms with Crippen molar-refractivity contribution < 1.29 is 9.90 Å². The Morgan fingerprint density at radius 3 is 2.77 bits per heavy atom. The van der Waals surface area contributed by atoms with E-state index >= 15 is 0 Å². The number of benzene rings is 1. The van der Waals surface area contributed by atoms with Gasteiger partial charge in [-0.3, -0.25) is 4.79 Å². The van der Waals surface area contributed by atoms with E-state index in [0.717, 1.165) is 0 Å². The minimum atomic E-state index is -0.0576. The molecular weight excluding hydrogens is 255 g/mol. The molecule has 0 saturated carbocycles. The Labute approximate surface area is 89.7 Å². The lowest BCUT2D eigenvalue weighted by Crippen LogP contribution is -1.98. The van der Waals surface area contributed by atoms with Crippen LogP contribution >= 0.6 is 27.5 Å². The van der Waals surface area contributed by atoms with E-state index in [1.165, 1.54) is 6.07 Å². The van der Waals surface area contributed by atoms with Crippen molar-refractivity contribution in [3.63, 3.8) is 0 Å². The molecule has 0 atom stereocenters. The molecule has 0 aromatic heterocycles. The summed E-state index contributed by atoms with van der Waals surface area (Å²) in [4.78, 5) is 11.3. The van der Waals surface area contributed by atoms with Crippen molar-refractivity contribution in [2.45, 2.75) is 6.42 Å². The highest BCUT2D eigenvalue weighted by Crippen LogP contribution is 2.24. The van der Waals surface area contributed by atoms with Crippen LogP contribution in [0.3, 0.4) is 0 Å². The monoisotopic (exact) mass is 262 g/mol. The van der Waals surface area contributed by atoms with Gasteiger partial charge in [-0.15, -0.1) is 11.6 Å². The number of phenols is 1. The maximum atomic E-state index is 11.3. The molecule has 4 heteroatoms. The molecular formula is C9H8BrClO2. The van der Waals surface area contributed by atoms with Crippen LogP contribution in [0.5, 0.6) is 5.75 Å². The second-order valence-electron chi connectivity index (χ2n) is 2.53. The van der Waals surface area contributed by atoms with Gasteiger partial charge in [0.05, 0.1) is 4.47 Å². The zero-order chi connectivity index (χ0) is 9.84. The first kappa shape index (κ1) is 10.5. The van der Waals surface area contributed by atoms with Crippen LogP contribution in [0.2, 0.25) is 0 Å². The Bertz CT molecular complexity index is 325. The Hall–Kier alpha value is -0.540. The highest BCUT2D eigenvalue weighted by molar-refractivity contribution is 9.10. The molecule has 70 valence electrons. The first-order valence-corrected chi connectivity index (χ1v) is 5.05. The predicted octanol–water partition coefficient (Wildman–Crippen LogP) is 2.97. The predicted molar refractivity (Wildman–Crippen MR) is 55.5 cm³/mol. The number of carbonyl (C=O) groups is 1.